The molecule has 1 rings (SSSR count). The Morgan fingerprint density at radius 3 is 2.60 bits per heavy atom. The van der Waals surface area contributed by atoms with Crippen LogP contribution < -0.4 is 5.32 Å². The Kier molecular flexibility index (Phi) is 7.49. The van der Waals surface area contributed by atoms with E-state index in [0.29, 0.717) is 11.5 Å². The molecule has 0 aliphatic carbocycles. The van der Waals surface area contributed by atoms with E-state index in [1.54, 1.807) is 0 Å². The van der Waals surface area contributed by atoms with Gasteiger partial charge in [0.1, 0.15) is 0 Å². The van der Waals surface area contributed by atoms with Gasteiger partial charge in [0.25, 0.3) is 0 Å². The number of likely N-dealkylation sites (tertiary alicyclic amines) is 1. The van der Waals surface area contributed by atoms with Gasteiger partial charge < -0.3 is 15.1 Å². The second-order valence-corrected chi connectivity index (χ2v) is 7.70. The van der Waals surface area contributed by atoms with Crippen molar-refractivity contribution in [3.63, 3.8) is 0 Å². The van der Waals surface area contributed by atoms with Crippen LogP contribution >= 0.6 is 0 Å². The molecule has 2 atom stereocenters. The molecule has 0 aromatic carbocycles. The minimum Gasteiger partial charge on any atom is -0.313 e. The van der Waals surface area contributed by atoms with Gasteiger partial charge in [-0.2, -0.15) is 0 Å². The minimum atomic E-state index is 0.347. The lowest BCUT2D eigenvalue weighted by Gasteiger charge is -2.38. The molecule has 0 radical (unpaired) electrons. The van der Waals surface area contributed by atoms with Gasteiger partial charge in [0.2, 0.25) is 0 Å². The van der Waals surface area contributed by atoms with E-state index in [1.807, 2.05) is 0 Å². The maximum Gasteiger partial charge on any atom is 0.0220 e. The van der Waals surface area contributed by atoms with E-state index in [4.69, 9.17) is 0 Å². The molecule has 0 aromatic rings. The second-order valence-electron chi connectivity index (χ2n) is 7.70. The van der Waals surface area contributed by atoms with Gasteiger partial charge in [-0.05, 0) is 64.8 Å². The number of hydrogen-bond donors (Lipinski definition) is 1. The van der Waals surface area contributed by atoms with Crippen LogP contribution in [0.5, 0.6) is 0 Å². The van der Waals surface area contributed by atoms with Crippen molar-refractivity contribution in [1.82, 2.24) is 15.1 Å². The first-order valence-corrected chi connectivity index (χ1v) is 8.46. The van der Waals surface area contributed by atoms with Gasteiger partial charge in [0.05, 0.1) is 0 Å². The lowest BCUT2D eigenvalue weighted by molar-refractivity contribution is 0.122. The highest BCUT2D eigenvalue weighted by Crippen LogP contribution is 2.23. The van der Waals surface area contributed by atoms with Crippen LogP contribution in [0.2, 0.25) is 0 Å². The summed E-state index contributed by atoms with van der Waals surface area (Å²) in [5.41, 5.74) is 0.347. The SMILES string of the molecule is CCCNC(CCN(C)C1CCCN(C)C1)C(C)(C)C. The van der Waals surface area contributed by atoms with Crippen molar-refractivity contribution in [2.45, 2.75) is 65.5 Å². The maximum absolute atomic E-state index is 3.74. The van der Waals surface area contributed by atoms with E-state index in [0.717, 1.165) is 12.6 Å². The Hall–Kier alpha value is -0.120. The lowest BCUT2D eigenvalue weighted by Crippen LogP contribution is -2.48. The third-order valence-electron chi connectivity index (χ3n) is 4.68. The molecular weight excluding hydrogens is 246 g/mol. The maximum atomic E-state index is 3.74. The lowest BCUT2D eigenvalue weighted by atomic mass is 9.84. The van der Waals surface area contributed by atoms with Gasteiger partial charge in [0.15, 0.2) is 0 Å². The Balaban J connectivity index is 2.41. The van der Waals surface area contributed by atoms with Crippen molar-refractivity contribution in [1.29, 1.82) is 0 Å². The van der Waals surface area contributed by atoms with E-state index in [-0.39, 0.29) is 0 Å². The topological polar surface area (TPSA) is 18.5 Å². The third-order valence-corrected chi connectivity index (χ3v) is 4.68. The molecular formula is C17H37N3. The average Bonchev–Trinajstić information content (AvgIpc) is 2.37. The minimum absolute atomic E-state index is 0.347. The Bertz CT molecular complexity index is 259. The number of hydrogen-bond acceptors (Lipinski definition) is 3. The van der Waals surface area contributed by atoms with Crippen LogP contribution in [0.1, 0.15) is 53.4 Å². The number of rotatable bonds is 7. The number of piperidine rings is 1. The van der Waals surface area contributed by atoms with Crippen LogP contribution in [0.3, 0.4) is 0 Å². The highest BCUT2D eigenvalue weighted by Gasteiger charge is 2.26. The number of nitrogens with zero attached hydrogens (tertiary/aromatic N) is 2. The predicted octanol–water partition coefficient (Wildman–Crippen LogP) is 2.82. The molecule has 1 aliphatic rings. The molecule has 1 aliphatic heterocycles. The summed E-state index contributed by atoms with van der Waals surface area (Å²) in [5.74, 6) is 0. The highest BCUT2D eigenvalue weighted by atomic mass is 15.2. The molecule has 1 heterocycles. The summed E-state index contributed by atoms with van der Waals surface area (Å²) in [7, 11) is 4.56. The molecule has 1 fully saturated rings. The van der Waals surface area contributed by atoms with Crippen molar-refractivity contribution < 1.29 is 0 Å². The van der Waals surface area contributed by atoms with Crippen molar-refractivity contribution >= 4 is 0 Å². The van der Waals surface area contributed by atoms with Gasteiger partial charge in [-0.1, -0.05) is 27.7 Å². The van der Waals surface area contributed by atoms with E-state index in [1.165, 1.54) is 45.3 Å². The summed E-state index contributed by atoms with van der Waals surface area (Å²) in [4.78, 5) is 5.06. The first-order chi connectivity index (χ1) is 9.34. The second kappa shape index (κ2) is 8.35. The molecule has 20 heavy (non-hydrogen) atoms. The summed E-state index contributed by atoms with van der Waals surface area (Å²) < 4.78 is 0. The van der Waals surface area contributed by atoms with Crippen molar-refractivity contribution in [3.8, 4) is 0 Å². The molecule has 3 nitrogen and oxygen atoms in total. The van der Waals surface area contributed by atoms with Crippen LogP contribution in [0, 0.1) is 5.41 Å². The third kappa shape index (κ3) is 6.11. The standard InChI is InChI=1S/C17H37N3/c1-7-11-18-16(17(2,3)4)10-13-20(6)15-9-8-12-19(5)14-15/h15-16,18H,7-14H2,1-6H3. The van der Waals surface area contributed by atoms with E-state index in [2.05, 4.69) is 56.9 Å². The zero-order valence-corrected chi connectivity index (χ0v) is 14.7. The largest absolute Gasteiger partial charge is 0.313 e. The average molecular weight is 284 g/mol. The van der Waals surface area contributed by atoms with Crippen molar-refractivity contribution in [2.75, 3.05) is 40.3 Å². The summed E-state index contributed by atoms with van der Waals surface area (Å²) in [5, 5.41) is 3.74. The van der Waals surface area contributed by atoms with E-state index < -0.39 is 0 Å². The van der Waals surface area contributed by atoms with Gasteiger partial charge in [-0.25, -0.2) is 0 Å². The quantitative estimate of drug-likeness (QED) is 0.775. The summed E-state index contributed by atoms with van der Waals surface area (Å²) in [6.45, 7) is 14.2. The van der Waals surface area contributed by atoms with Gasteiger partial charge >= 0.3 is 0 Å². The summed E-state index contributed by atoms with van der Waals surface area (Å²) >= 11 is 0. The van der Waals surface area contributed by atoms with Crippen LogP contribution in [0.4, 0.5) is 0 Å². The van der Waals surface area contributed by atoms with Gasteiger partial charge in [-0.15, -0.1) is 0 Å². The fraction of sp³-hybridized carbons (Fsp3) is 1.00. The van der Waals surface area contributed by atoms with E-state index >= 15 is 0 Å². The molecule has 2 unspecified atom stereocenters. The molecule has 0 bridgehead atoms. The molecule has 0 saturated carbocycles. The summed E-state index contributed by atoms with van der Waals surface area (Å²) in [6, 6.07) is 1.37. The van der Waals surface area contributed by atoms with Crippen molar-refractivity contribution in [3.05, 3.63) is 0 Å². The molecule has 3 heteroatoms. The first-order valence-electron chi connectivity index (χ1n) is 8.46. The molecule has 1 N–H and O–H groups in total. The molecule has 0 amide bonds. The fourth-order valence-corrected chi connectivity index (χ4v) is 3.17. The van der Waals surface area contributed by atoms with Crippen LogP contribution in [0.25, 0.3) is 0 Å². The van der Waals surface area contributed by atoms with Crippen LogP contribution in [-0.2, 0) is 0 Å². The molecule has 120 valence electrons. The Labute approximate surface area is 127 Å². The Morgan fingerprint density at radius 1 is 1.35 bits per heavy atom. The zero-order chi connectivity index (χ0) is 15.2. The number of likely N-dealkylation sites (N-methyl/N-ethyl adjacent to an activating group) is 2. The predicted molar refractivity (Wildman–Crippen MR) is 89.3 cm³/mol. The summed E-state index contributed by atoms with van der Waals surface area (Å²) in [6.07, 6.45) is 5.18. The van der Waals surface area contributed by atoms with E-state index in [9.17, 15) is 0 Å². The highest BCUT2D eigenvalue weighted by molar-refractivity contribution is 4.83. The zero-order valence-electron chi connectivity index (χ0n) is 14.7. The molecule has 0 aromatic heterocycles. The van der Waals surface area contributed by atoms with Crippen LogP contribution in [-0.4, -0.2) is 62.2 Å². The smallest absolute Gasteiger partial charge is 0.0220 e. The first kappa shape index (κ1) is 17.9. The normalized spacial score (nSPS) is 23.2. The van der Waals surface area contributed by atoms with Gasteiger partial charge in [0, 0.05) is 18.6 Å². The Morgan fingerprint density at radius 2 is 2.05 bits per heavy atom. The number of nitrogens with one attached hydrogen (secondary N) is 1. The fourth-order valence-electron chi connectivity index (χ4n) is 3.17. The molecule has 0 spiro atoms. The van der Waals surface area contributed by atoms with Gasteiger partial charge in [-0.3, -0.25) is 0 Å². The van der Waals surface area contributed by atoms with Crippen molar-refractivity contribution in [2.24, 2.45) is 5.41 Å². The van der Waals surface area contributed by atoms with Crippen LogP contribution in [0.15, 0.2) is 0 Å². The monoisotopic (exact) mass is 283 g/mol. The molecule has 1 saturated heterocycles.